The van der Waals surface area contributed by atoms with Crippen LogP contribution in [0.15, 0.2) is 0 Å². The Bertz CT molecular complexity index is 23.5. The summed E-state index contributed by atoms with van der Waals surface area (Å²) in [5, 5.41) is 0. The normalized spacial score (nSPS) is 0.500. The quantitative estimate of drug-likeness (QED) is 0.178. The van der Waals surface area contributed by atoms with Crippen LogP contribution in [0.1, 0.15) is 0 Å². The van der Waals surface area contributed by atoms with Crippen LogP contribution in [0.4, 0.5) is 0 Å². The Kier molecular flexibility index (Phi) is 470. The second-order valence-corrected chi connectivity index (χ2v) is 0. The van der Waals surface area contributed by atoms with Crippen molar-refractivity contribution in [1.29, 1.82) is 0 Å². The zero-order valence-electron chi connectivity index (χ0n) is 6.00. The molecule has 0 aromatic rings. The van der Waals surface area contributed by atoms with E-state index in [9.17, 15) is 0 Å². The molecule has 8 heavy (non-hydrogen) atoms. The molecule has 0 bridgehead atoms. The summed E-state index contributed by atoms with van der Waals surface area (Å²) in [6.07, 6.45) is 20.0. The van der Waals surface area contributed by atoms with Gasteiger partial charge in [-0.25, -0.2) is 0 Å². The molecule has 0 aliphatic heterocycles. The van der Waals surface area contributed by atoms with Gasteiger partial charge in [0.1, 0.15) is 0 Å². The molecule has 0 amide bonds. The van der Waals surface area contributed by atoms with Crippen molar-refractivity contribution in [1.82, 2.24) is 0 Å². The summed E-state index contributed by atoms with van der Waals surface area (Å²) < 4.78 is 0. The van der Waals surface area contributed by atoms with E-state index in [-0.39, 0.29) is 118 Å². The second-order valence-electron chi connectivity index (χ2n) is 0. The van der Waals surface area contributed by atoms with Crippen molar-refractivity contribution in [2.24, 2.45) is 0 Å². The zero-order valence-corrected chi connectivity index (χ0v) is 14.0. The van der Waals surface area contributed by atoms with E-state index in [1.807, 2.05) is 0 Å². The number of hydrogen-bond donors (Lipinski definition) is 0. The maximum atomic E-state index is 5.00. The van der Waals surface area contributed by atoms with Crippen molar-refractivity contribution >= 4 is 0 Å². The summed E-state index contributed by atoms with van der Waals surface area (Å²) in [6.45, 7) is 0. The first kappa shape index (κ1) is 43.4. The molecule has 0 heterocycles. The molecule has 0 fully saturated rings. The molecule has 0 N–H and O–H groups in total. The second kappa shape index (κ2) is 86.5. The van der Waals surface area contributed by atoms with Gasteiger partial charge in [0, 0.05) is 0 Å². The van der Waals surface area contributed by atoms with Gasteiger partial charge in [0.05, 0.1) is 0 Å². The number of hydrogen-bond acceptors (Lipinski definition) is 0. The topological polar surface area (TPSA) is 0 Å². The van der Waals surface area contributed by atoms with E-state index in [2.05, 4.69) is 0 Å². The van der Waals surface area contributed by atoms with Gasteiger partial charge in [0.25, 0.3) is 0 Å². The molecule has 0 unspecified atom stereocenters. The molecule has 0 spiro atoms. The zero-order chi connectivity index (χ0) is 4.00. The van der Waals surface area contributed by atoms with Gasteiger partial charge in [0.2, 0.25) is 0 Å². The van der Waals surface area contributed by atoms with Crippen LogP contribution in [-0.2, 0) is 0 Å². The van der Waals surface area contributed by atoms with Crippen LogP contribution < -0.4 is 118 Å². The van der Waals surface area contributed by atoms with E-state index >= 15 is 0 Å². The van der Waals surface area contributed by atoms with Crippen LogP contribution in [0, 0.1) is 25.7 Å². The molecule has 0 aromatic carbocycles. The molecular weight excluding hydrogens is 140 g/mol. The van der Waals surface area contributed by atoms with E-state index < -0.39 is 0 Å². The fraction of sp³-hybridized carbons (Fsp3) is 0. The van der Waals surface area contributed by atoms with Crippen molar-refractivity contribution < 1.29 is 118 Å². The van der Waals surface area contributed by atoms with E-state index in [0.717, 1.165) is 0 Å². The Morgan fingerprint density at radius 1 is 0.375 bits per heavy atom. The van der Waals surface area contributed by atoms with E-state index in [1.165, 1.54) is 0 Å². The minimum absolute atomic E-state index is 0. The molecular formula is C4Na4. The summed E-state index contributed by atoms with van der Waals surface area (Å²) in [6, 6.07) is 0. The van der Waals surface area contributed by atoms with Crippen LogP contribution in [0.25, 0.3) is 0 Å². The third-order valence-electron chi connectivity index (χ3n) is 0. The fourth-order valence-corrected chi connectivity index (χ4v) is 0. The van der Waals surface area contributed by atoms with Crippen LogP contribution >= 0.6 is 0 Å². The maximum Gasteiger partial charge on any atom is 1.00 e. The van der Waals surface area contributed by atoms with E-state index in [4.69, 9.17) is 25.7 Å². The Balaban J connectivity index is -0.00000000167. The standard InChI is InChI=1S/2C2.4Na/c2*1-2;;;;/q2*-2;4*+1. The Morgan fingerprint density at radius 3 is 0.375 bits per heavy atom. The van der Waals surface area contributed by atoms with Gasteiger partial charge in [-0.1, -0.05) is 0 Å². The molecule has 0 saturated heterocycles. The van der Waals surface area contributed by atoms with Gasteiger partial charge in [0.15, 0.2) is 0 Å². The third kappa shape index (κ3) is 61.8. The third-order valence-corrected chi connectivity index (χ3v) is 0. The average molecular weight is 140 g/mol. The smallest absolute Gasteiger partial charge is 1.00 e. The molecule has 0 rings (SSSR count). The average Bonchev–Trinajstić information content (AvgIpc) is 1.50. The summed E-state index contributed by atoms with van der Waals surface area (Å²) in [5.41, 5.74) is 0. The predicted octanol–water partition coefficient (Wildman–Crippen LogP) is -11.7. The molecule has 0 aromatic heterocycles. The summed E-state index contributed by atoms with van der Waals surface area (Å²) >= 11 is 0. The summed E-state index contributed by atoms with van der Waals surface area (Å²) in [7, 11) is 0. The molecule has 20 valence electrons. The van der Waals surface area contributed by atoms with Gasteiger partial charge in [-0.3, -0.25) is 0 Å². The first-order valence-corrected chi connectivity index (χ1v) is 0.500. The summed E-state index contributed by atoms with van der Waals surface area (Å²) in [5.74, 6) is 0. The minimum atomic E-state index is 0. The van der Waals surface area contributed by atoms with Gasteiger partial charge >= 0.3 is 118 Å². The van der Waals surface area contributed by atoms with Crippen molar-refractivity contribution in [3.8, 4) is 0 Å². The van der Waals surface area contributed by atoms with Crippen molar-refractivity contribution in [3.63, 3.8) is 0 Å². The molecule has 0 saturated carbocycles. The van der Waals surface area contributed by atoms with E-state index in [0.29, 0.717) is 0 Å². The van der Waals surface area contributed by atoms with E-state index in [1.54, 1.807) is 0 Å². The largest absolute Gasteiger partial charge is 1.00 e. The predicted molar refractivity (Wildman–Crippen MR) is 13.0 cm³/mol. The van der Waals surface area contributed by atoms with Gasteiger partial charge < -0.3 is 25.7 Å². The Labute approximate surface area is 140 Å². The van der Waals surface area contributed by atoms with Crippen LogP contribution in [0.2, 0.25) is 0 Å². The van der Waals surface area contributed by atoms with Crippen molar-refractivity contribution in [2.45, 2.75) is 0 Å². The summed E-state index contributed by atoms with van der Waals surface area (Å²) in [4.78, 5) is 0. The SMILES string of the molecule is [C-]#[C-].[C-]#[C-].[Na+].[Na+].[Na+].[Na+]. The molecule has 0 atom stereocenters. The van der Waals surface area contributed by atoms with Gasteiger partial charge in [-0.2, -0.15) is 0 Å². The van der Waals surface area contributed by atoms with Gasteiger partial charge in [-0.15, -0.1) is 0 Å². The first-order chi connectivity index (χ1) is 2.00. The van der Waals surface area contributed by atoms with Crippen LogP contribution in [0.3, 0.4) is 0 Å². The van der Waals surface area contributed by atoms with Crippen molar-refractivity contribution in [3.05, 3.63) is 25.7 Å². The van der Waals surface area contributed by atoms with Crippen LogP contribution in [0.5, 0.6) is 0 Å². The monoisotopic (exact) mass is 140 g/mol. The fourth-order valence-electron chi connectivity index (χ4n) is 0. The number of rotatable bonds is 0. The molecule has 0 nitrogen and oxygen atoms in total. The minimum Gasteiger partial charge on any atom is -1.00 e. The molecule has 4 heteroatoms. The molecule has 0 aliphatic rings. The van der Waals surface area contributed by atoms with Gasteiger partial charge in [-0.05, 0) is 0 Å². The Hall–Kier alpha value is 3.12. The Morgan fingerprint density at radius 2 is 0.375 bits per heavy atom. The van der Waals surface area contributed by atoms with Crippen molar-refractivity contribution in [2.75, 3.05) is 0 Å². The molecule has 0 radical (unpaired) electrons. The van der Waals surface area contributed by atoms with Crippen LogP contribution in [-0.4, -0.2) is 0 Å². The first-order valence-electron chi connectivity index (χ1n) is 0.500. The molecule has 0 aliphatic carbocycles. The maximum absolute atomic E-state index is 5.00.